The molecule has 1 fully saturated rings. The first-order chi connectivity index (χ1) is 16.2. The predicted molar refractivity (Wildman–Crippen MR) is 126 cm³/mol. The number of alkyl halides is 2. The van der Waals surface area contributed by atoms with Crippen LogP contribution < -0.4 is 10.1 Å². The molecule has 1 N–H and O–H groups in total. The first-order valence-electron chi connectivity index (χ1n) is 12.0. The van der Waals surface area contributed by atoms with Crippen LogP contribution in [0.4, 0.5) is 13.2 Å². The predicted octanol–water partition coefficient (Wildman–Crippen LogP) is 4.88. The van der Waals surface area contributed by atoms with Crippen molar-refractivity contribution in [2.24, 2.45) is 5.92 Å². The van der Waals surface area contributed by atoms with Gasteiger partial charge < -0.3 is 15.0 Å². The summed E-state index contributed by atoms with van der Waals surface area (Å²) in [7, 11) is 1.50. The standard InChI is InChI=1S/C27H33F3N2O2/c1-17-12-22(34-3)15-23(25(17)28)18(2)24(16-32-10-6-7-11-32)31-26(33)27(29,30)21-13-19-8-4-5-9-20(19)14-21/h4-5,8-9,12,15,18,21,24H,6-7,10-11,13-14,16H2,1-3H3,(H,31,33)/t18?,24-/m1/s1. The van der Waals surface area contributed by atoms with Gasteiger partial charge in [-0.3, -0.25) is 4.79 Å². The summed E-state index contributed by atoms with van der Waals surface area (Å²) in [6, 6.07) is 9.88. The third-order valence-corrected chi connectivity index (χ3v) is 7.42. The topological polar surface area (TPSA) is 41.6 Å². The molecule has 0 bridgehead atoms. The van der Waals surface area contributed by atoms with Gasteiger partial charge in [0.15, 0.2) is 0 Å². The largest absolute Gasteiger partial charge is 0.497 e. The molecule has 2 aromatic carbocycles. The summed E-state index contributed by atoms with van der Waals surface area (Å²) in [6.07, 6.45) is 2.40. The lowest BCUT2D eigenvalue weighted by molar-refractivity contribution is -0.154. The number of likely N-dealkylation sites (tertiary alicyclic amines) is 1. The summed E-state index contributed by atoms with van der Waals surface area (Å²) in [5.41, 5.74) is 2.52. The van der Waals surface area contributed by atoms with Crippen LogP contribution in [-0.4, -0.2) is 49.5 Å². The second-order valence-electron chi connectivity index (χ2n) is 9.72. The third-order valence-electron chi connectivity index (χ3n) is 7.42. The second-order valence-corrected chi connectivity index (χ2v) is 9.72. The fraction of sp³-hybridized carbons (Fsp3) is 0.519. The lowest BCUT2D eigenvalue weighted by Crippen LogP contribution is -2.53. The van der Waals surface area contributed by atoms with E-state index in [4.69, 9.17) is 4.74 Å². The van der Waals surface area contributed by atoms with Crippen molar-refractivity contribution in [2.75, 3.05) is 26.7 Å². The molecule has 1 heterocycles. The average Bonchev–Trinajstić information content (AvgIpc) is 3.49. The maximum absolute atomic E-state index is 15.4. The molecule has 4 rings (SSSR count). The number of fused-ring (bicyclic) bond motifs is 1. The number of rotatable bonds is 8. The Morgan fingerprint density at radius 1 is 1.18 bits per heavy atom. The lowest BCUT2D eigenvalue weighted by Gasteiger charge is -2.32. The first-order valence-corrected chi connectivity index (χ1v) is 12.0. The Hall–Kier alpha value is -2.54. The molecule has 7 heteroatoms. The number of carbonyl (C=O) groups is 1. The van der Waals surface area contributed by atoms with E-state index in [0.29, 0.717) is 23.4 Å². The molecule has 2 aromatic rings. The number of nitrogens with zero attached hydrogens (tertiary/aromatic N) is 1. The van der Waals surface area contributed by atoms with Crippen molar-refractivity contribution in [3.63, 3.8) is 0 Å². The maximum Gasteiger partial charge on any atom is 0.327 e. The van der Waals surface area contributed by atoms with Crippen LogP contribution in [0.25, 0.3) is 0 Å². The highest BCUT2D eigenvalue weighted by Gasteiger charge is 2.50. The molecule has 0 radical (unpaired) electrons. The molecule has 4 nitrogen and oxygen atoms in total. The Labute approximate surface area is 199 Å². The highest BCUT2D eigenvalue weighted by molar-refractivity contribution is 5.84. The van der Waals surface area contributed by atoms with Gasteiger partial charge in [-0.05, 0) is 80.1 Å². The van der Waals surface area contributed by atoms with Gasteiger partial charge in [-0.15, -0.1) is 0 Å². The molecule has 184 valence electrons. The Morgan fingerprint density at radius 3 is 2.38 bits per heavy atom. The third kappa shape index (κ3) is 4.95. The van der Waals surface area contributed by atoms with Gasteiger partial charge in [0.05, 0.1) is 7.11 Å². The zero-order valence-corrected chi connectivity index (χ0v) is 20.0. The van der Waals surface area contributed by atoms with E-state index in [9.17, 15) is 4.79 Å². The summed E-state index contributed by atoms with van der Waals surface area (Å²) >= 11 is 0. The Balaban J connectivity index is 1.56. The molecule has 2 atom stereocenters. The van der Waals surface area contributed by atoms with Crippen LogP contribution in [0, 0.1) is 18.7 Å². The van der Waals surface area contributed by atoms with Crippen LogP contribution in [0.15, 0.2) is 36.4 Å². The fourth-order valence-electron chi connectivity index (χ4n) is 5.27. The second kappa shape index (κ2) is 9.98. The number of benzene rings is 2. The number of halogens is 3. The smallest absolute Gasteiger partial charge is 0.327 e. The van der Waals surface area contributed by atoms with Gasteiger partial charge in [0.25, 0.3) is 5.91 Å². The zero-order chi connectivity index (χ0) is 24.5. The van der Waals surface area contributed by atoms with Gasteiger partial charge in [0, 0.05) is 24.4 Å². The van der Waals surface area contributed by atoms with Crippen molar-refractivity contribution in [3.05, 3.63) is 64.5 Å². The molecule has 1 aliphatic carbocycles. The summed E-state index contributed by atoms with van der Waals surface area (Å²) in [4.78, 5) is 15.1. The van der Waals surface area contributed by atoms with Gasteiger partial charge >= 0.3 is 5.92 Å². The van der Waals surface area contributed by atoms with Gasteiger partial charge in [-0.1, -0.05) is 31.2 Å². The van der Waals surface area contributed by atoms with Gasteiger partial charge in [0.1, 0.15) is 11.6 Å². The van der Waals surface area contributed by atoms with E-state index in [1.165, 1.54) is 7.11 Å². The van der Waals surface area contributed by atoms with Gasteiger partial charge in [-0.25, -0.2) is 4.39 Å². The number of hydrogen-bond donors (Lipinski definition) is 1. The average molecular weight is 475 g/mol. The van der Waals surface area contributed by atoms with E-state index in [2.05, 4.69) is 10.2 Å². The summed E-state index contributed by atoms with van der Waals surface area (Å²) < 4.78 is 51.1. The quantitative estimate of drug-likeness (QED) is 0.593. The van der Waals surface area contributed by atoms with Crippen molar-refractivity contribution in [2.45, 2.75) is 57.4 Å². The van der Waals surface area contributed by atoms with E-state index in [-0.39, 0.29) is 12.8 Å². The Kier molecular flexibility index (Phi) is 7.22. The molecule has 2 aliphatic rings. The van der Waals surface area contributed by atoms with Crippen molar-refractivity contribution < 1.29 is 22.7 Å². The van der Waals surface area contributed by atoms with Crippen LogP contribution in [0.3, 0.4) is 0 Å². The minimum Gasteiger partial charge on any atom is -0.497 e. The normalized spacial score (nSPS) is 18.5. The molecular formula is C27H33F3N2O2. The first kappa shape index (κ1) is 24.6. The number of carbonyl (C=O) groups excluding carboxylic acids is 1. The highest BCUT2D eigenvalue weighted by atomic mass is 19.3. The molecular weight excluding hydrogens is 441 g/mol. The van der Waals surface area contributed by atoms with Crippen molar-refractivity contribution in [3.8, 4) is 5.75 Å². The fourth-order valence-corrected chi connectivity index (χ4v) is 5.27. The molecule has 0 aromatic heterocycles. The minimum absolute atomic E-state index is 0.173. The van der Waals surface area contributed by atoms with E-state index >= 15 is 13.2 Å². The number of methoxy groups -OCH3 is 1. The molecule has 1 amide bonds. The van der Waals surface area contributed by atoms with Crippen LogP contribution in [-0.2, 0) is 17.6 Å². The molecule has 1 saturated heterocycles. The van der Waals surface area contributed by atoms with Crippen LogP contribution in [0.2, 0.25) is 0 Å². The minimum atomic E-state index is -3.52. The van der Waals surface area contributed by atoms with E-state index < -0.39 is 35.5 Å². The van der Waals surface area contributed by atoms with Crippen LogP contribution >= 0.6 is 0 Å². The SMILES string of the molecule is COc1cc(C)c(F)c(C(C)[C@@H](CN2CCCC2)NC(=O)C(F)(F)C2Cc3ccccc3C2)c1. The van der Waals surface area contributed by atoms with Gasteiger partial charge in [-0.2, -0.15) is 8.78 Å². The number of nitrogens with one attached hydrogen (secondary N) is 1. The van der Waals surface area contributed by atoms with Crippen molar-refractivity contribution >= 4 is 5.91 Å². The summed E-state index contributed by atoms with van der Waals surface area (Å²) in [6.45, 7) is 5.50. The van der Waals surface area contributed by atoms with E-state index in [1.807, 2.05) is 24.3 Å². The maximum atomic E-state index is 15.4. The highest BCUT2D eigenvalue weighted by Crippen LogP contribution is 2.38. The van der Waals surface area contributed by atoms with Crippen molar-refractivity contribution in [1.29, 1.82) is 0 Å². The Bertz CT molecular complexity index is 1010. The molecule has 1 unspecified atom stereocenters. The summed E-state index contributed by atoms with van der Waals surface area (Å²) in [5.74, 6) is -6.29. The zero-order valence-electron chi connectivity index (χ0n) is 20.0. The summed E-state index contributed by atoms with van der Waals surface area (Å²) in [5, 5.41) is 2.63. The molecule has 0 spiro atoms. The monoisotopic (exact) mass is 474 g/mol. The van der Waals surface area contributed by atoms with E-state index in [1.54, 1.807) is 26.0 Å². The van der Waals surface area contributed by atoms with Crippen molar-refractivity contribution in [1.82, 2.24) is 10.2 Å². The van der Waals surface area contributed by atoms with E-state index in [0.717, 1.165) is 37.1 Å². The molecule has 34 heavy (non-hydrogen) atoms. The number of amides is 1. The van der Waals surface area contributed by atoms with Crippen LogP contribution in [0.1, 0.15) is 47.9 Å². The van der Waals surface area contributed by atoms with Crippen LogP contribution in [0.5, 0.6) is 5.75 Å². The van der Waals surface area contributed by atoms with Gasteiger partial charge in [0.2, 0.25) is 0 Å². The Morgan fingerprint density at radius 2 is 1.79 bits per heavy atom. The molecule has 0 saturated carbocycles. The number of ether oxygens (including phenoxy) is 1. The number of hydrogen-bond acceptors (Lipinski definition) is 3. The number of aryl methyl sites for hydroxylation is 1. The lowest BCUT2D eigenvalue weighted by atomic mass is 9.90. The molecule has 1 aliphatic heterocycles.